The lowest BCUT2D eigenvalue weighted by Gasteiger charge is -2.21. The van der Waals surface area contributed by atoms with E-state index in [-0.39, 0.29) is 25.4 Å². The summed E-state index contributed by atoms with van der Waals surface area (Å²) >= 11 is 0. The van der Waals surface area contributed by atoms with Crippen LogP contribution in [0.5, 0.6) is 0 Å². The molecule has 100 valence electrons. The molecule has 0 aliphatic carbocycles. The number of nitrogens with zero attached hydrogens (tertiary/aromatic N) is 1. The fourth-order valence-electron chi connectivity index (χ4n) is 1.63. The summed E-state index contributed by atoms with van der Waals surface area (Å²) in [5.41, 5.74) is 0. The van der Waals surface area contributed by atoms with Crippen molar-refractivity contribution in [2.75, 3.05) is 13.1 Å². The third-order valence-electron chi connectivity index (χ3n) is 2.50. The number of carbonyl (C=O) groups is 1. The Morgan fingerprint density at radius 1 is 1.53 bits per heavy atom. The maximum atomic E-state index is 11.8. The van der Waals surface area contributed by atoms with Crippen LogP contribution >= 0.6 is 0 Å². The van der Waals surface area contributed by atoms with Crippen LogP contribution in [0, 0.1) is 5.92 Å². The van der Waals surface area contributed by atoms with E-state index in [0.717, 1.165) is 4.31 Å². The van der Waals surface area contributed by atoms with Crippen LogP contribution in [0.4, 0.5) is 0 Å². The van der Waals surface area contributed by atoms with Gasteiger partial charge in [-0.05, 0) is 5.92 Å². The molecule has 1 heterocycles. The Hall–Kier alpha value is -0.700. The molecule has 0 aromatic rings. The van der Waals surface area contributed by atoms with Crippen LogP contribution in [0.15, 0.2) is 0 Å². The van der Waals surface area contributed by atoms with Crippen LogP contribution in [-0.2, 0) is 15.0 Å². The first-order valence-corrected chi connectivity index (χ1v) is 6.85. The first kappa shape index (κ1) is 14.4. The largest absolute Gasteiger partial charge is 0.480 e. The Labute approximate surface area is 101 Å². The summed E-state index contributed by atoms with van der Waals surface area (Å²) in [6.07, 6.45) is -0.996. The standard InChI is InChI=1S/C9H18N2O5S/c1-6(2)4-10-17(15,16)11-5-7(12)3-8(11)9(13)14/h6-8,10,12H,3-5H2,1-2H3,(H,13,14). The molecule has 0 amide bonds. The van der Waals surface area contributed by atoms with Gasteiger partial charge in [0, 0.05) is 19.5 Å². The van der Waals surface area contributed by atoms with Gasteiger partial charge >= 0.3 is 5.97 Å². The average Bonchev–Trinajstić information content (AvgIpc) is 2.58. The van der Waals surface area contributed by atoms with E-state index < -0.39 is 28.3 Å². The topological polar surface area (TPSA) is 107 Å². The maximum Gasteiger partial charge on any atom is 0.322 e. The predicted octanol–water partition coefficient (Wildman–Crippen LogP) is -1.00. The Balaban J connectivity index is 2.79. The van der Waals surface area contributed by atoms with Crippen molar-refractivity contribution in [2.45, 2.75) is 32.4 Å². The van der Waals surface area contributed by atoms with Crippen LogP contribution < -0.4 is 4.72 Å². The normalized spacial score (nSPS) is 26.6. The van der Waals surface area contributed by atoms with Gasteiger partial charge in [-0.2, -0.15) is 12.7 Å². The zero-order valence-corrected chi connectivity index (χ0v) is 10.6. The SMILES string of the molecule is CC(C)CNS(=O)(=O)N1CC(O)CC1C(=O)O. The molecule has 1 aliphatic heterocycles. The number of rotatable bonds is 5. The first-order valence-electron chi connectivity index (χ1n) is 5.41. The van der Waals surface area contributed by atoms with E-state index in [1.807, 2.05) is 13.8 Å². The van der Waals surface area contributed by atoms with Gasteiger partial charge in [-0.1, -0.05) is 13.8 Å². The maximum absolute atomic E-state index is 11.8. The van der Waals surface area contributed by atoms with Crippen molar-refractivity contribution in [3.63, 3.8) is 0 Å². The number of carboxylic acid groups (broad SMARTS) is 1. The summed E-state index contributed by atoms with van der Waals surface area (Å²) in [7, 11) is -3.84. The number of carboxylic acids is 1. The number of β-amino-alcohol motifs (C(OH)–C–C–N with tert-alkyl or cyclic N) is 1. The predicted molar refractivity (Wildman–Crippen MR) is 60.5 cm³/mol. The van der Waals surface area contributed by atoms with Crippen LogP contribution in [-0.4, -0.2) is 54.1 Å². The van der Waals surface area contributed by atoms with E-state index in [2.05, 4.69) is 4.72 Å². The fourth-order valence-corrected chi connectivity index (χ4v) is 3.22. The third kappa shape index (κ3) is 3.63. The zero-order chi connectivity index (χ0) is 13.2. The van der Waals surface area contributed by atoms with E-state index in [9.17, 15) is 18.3 Å². The summed E-state index contributed by atoms with van der Waals surface area (Å²) in [5.74, 6) is -1.11. The van der Waals surface area contributed by atoms with Gasteiger partial charge in [-0.3, -0.25) is 4.79 Å². The molecular weight excluding hydrogens is 248 g/mol. The smallest absolute Gasteiger partial charge is 0.322 e. The highest BCUT2D eigenvalue weighted by Gasteiger charge is 2.42. The second-order valence-corrected chi connectivity index (χ2v) is 6.27. The fraction of sp³-hybridized carbons (Fsp3) is 0.889. The molecule has 8 heteroatoms. The van der Waals surface area contributed by atoms with Gasteiger partial charge in [0.15, 0.2) is 0 Å². The second-order valence-electron chi connectivity index (χ2n) is 4.56. The van der Waals surface area contributed by atoms with E-state index >= 15 is 0 Å². The van der Waals surface area contributed by atoms with Crippen LogP contribution in [0.25, 0.3) is 0 Å². The molecule has 0 spiro atoms. The minimum atomic E-state index is -3.84. The van der Waals surface area contributed by atoms with Crippen molar-refractivity contribution in [1.29, 1.82) is 0 Å². The Morgan fingerprint density at radius 2 is 2.12 bits per heavy atom. The first-order chi connectivity index (χ1) is 7.74. The van der Waals surface area contributed by atoms with Gasteiger partial charge in [-0.25, -0.2) is 4.72 Å². The molecule has 2 unspecified atom stereocenters. The zero-order valence-electron chi connectivity index (χ0n) is 9.83. The summed E-state index contributed by atoms with van der Waals surface area (Å²) in [4.78, 5) is 10.9. The molecule has 17 heavy (non-hydrogen) atoms. The van der Waals surface area contributed by atoms with Crippen molar-refractivity contribution in [1.82, 2.24) is 9.03 Å². The number of aliphatic hydroxyl groups excluding tert-OH is 1. The van der Waals surface area contributed by atoms with Crippen LogP contribution in [0.3, 0.4) is 0 Å². The van der Waals surface area contributed by atoms with Gasteiger partial charge in [0.25, 0.3) is 10.2 Å². The van der Waals surface area contributed by atoms with Crippen molar-refractivity contribution in [3.8, 4) is 0 Å². The molecule has 0 radical (unpaired) electrons. The molecule has 1 aliphatic rings. The lowest BCUT2D eigenvalue weighted by atomic mass is 10.2. The number of nitrogens with one attached hydrogen (secondary N) is 1. The highest BCUT2D eigenvalue weighted by molar-refractivity contribution is 7.87. The summed E-state index contributed by atoms with van der Waals surface area (Å²) in [6, 6.07) is -1.19. The molecule has 0 aromatic heterocycles. The molecule has 7 nitrogen and oxygen atoms in total. The van der Waals surface area contributed by atoms with Crippen LogP contribution in [0.1, 0.15) is 20.3 Å². The second kappa shape index (κ2) is 5.30. The van der Waals surface area contributed by atoms with Gasteiger partial charge in [0.2, 0.25) is 0 Å². The molecule has 1 rings (SSSR count). The number of hydrogen-bond donors (Lipinski definition) is 3. The molecule has 3 N–H and O–H groups in total. The Kier molecular flexibility index (Phi) is 4.48. The molecule has 2 atom stereocenters. The molecule has 1 fully saturated rings. The van der Waals surface area contributed by atoms with Crippen LogP contribution in [0.2, 0.25) is 0 Å². The molecule has 1 saturated heterocycles. The Morgan fingerprint density at radius 3 is 2.59 bits per heavy atom. The number of aliphatic carboxylic acids is 1. The van der Waals surface area contributed by atoms with Gasteiger partial charge in [0.1, 0.15) is 6.04 Å². The Bertz CT molecular complexity index is 381. The summed E-state index contributed by atoms with van der Waals surface area (Å²) in [6.45, 7) is 3.75. The van der Waals surface area contributed by atoms with E-state index in [4.69, 9.17) is 5.11 Å². The lowest BCUT2D eigenvalue weighted by Crippen LogP contribution is -2.47. The monoisotopic (exact) mass is 266 g/mol. The van der Waals surface area contributed by atoms with Crippen molar-refractivity contribution < 1.29 is 23.4 Å². The minimum Gasteiger partial charge on any atom is -0.480 e. The molecular formula is C9H18N2O5S. The highest BCUT2D eigenvalue weighted by atomic mass is 32.2. The van der Waals surface area contributed by atoms with E-state index in [1.54, 1.807) is 0 Å². The summed E-state index contributed by atoms with van der Waals surface area (Å²) in [5, 5.41) is 18.3. The molecule has 0 bridgehead atoms. The highest BCUT2D eigenvalue weighted by Crippen LogP contribution is 2.21. The molecule has 0 saturated carbocycles. The minimum absolute atomic E-state index is 0.0715. The summed E-state index contributed by atoms with van der Waals surface area (Å²) < 4.78 is 26.8. The van der Waals surface area contributed by atoms with Gasteiger partial charge < -0.3 is 10.2 Å². The van der Waals surface area contributed by atoms with E-state index in [0.29, 0.717) is 0 Å². The number of hydrogen-bond acceptors (Lipinski definition) is 4. The van der Waals surface area contributed by atoms with Crippen molar-refractivity contribution in [3.05, 3.63) is 0 Å². The quantitative estimate of drug-likeness (QED) is 0.591. The van der Waals surface area contributed by atoms with Gasteiger partial charge in [-0.15, -0.1) is 0 Å². The molecule has 0 aromatic carbocycles. The van der Waals surface area contributed by atoms with Gasteiger partial charge in [0.05, 0.1) is 6.10 Å². The van der Waals surface area contributed by atoms with Crippen molar-refractivity contribution >= 4 is 16.2 Å². The van der Waals surface area contributed by atoms with E-state index in [1.165, 1.54) is 0 Å². The average molecular weight is 266 g/mol. The lowest BCUT2D eigenvalue weighted by molar-refractivity contribution is -0.140. The third-order valence-corrected chi connectivity index (χ3v) is 4.05. The number of aliphatic hydroxyl groups is 1. The van der Waals surface area contributed by atoms with Crippen molar-refractivity contribution in [2.24, 2.45) is 5.92 Å².